The molecule has 0 atom stereocenters. The molecule has 0 aliphatic rings. The average Bonchev–Trinajstić information content (AvgIpc) is 2.71. The molecular formula is C8H6N2O3S. The molecule has 0 radical (unpaired) electrons. The lowest BCUT2D eigenvalue weighted by atomic mass is 10.3. The van der Waals surface area contributed by atoms with Gasteiger partial charge in [0.1, 0.15) is 5.69 Å². The fourth-order valence-corrected chi connectivity index (χ4v) is 1.75. The highest BCUT2D eigenvalue weighted by Crippen LogP contribution is 2.31. The fourth-order valence-electron chi connectivity index (χ4n) is 1.04. The van der Waals surface area contributed by atoms with Crippen LogP contribution >= 0.6 is 11.3 Å². The Hall–Kier alpha value is -1.82. The molecule has 0 amide bonds. The maximum atomic E-state index is 10.6. The van der Waals surface area contributed by atoms with Crippen molar-refractivity contribution in [2.24, 2.45) is 0 Å². The molecule has 3 N–H and O–H groups in total. The zero-order valence-electron chi connectivity index (χ0n) is 6.93. The highest BCUT2D eigenvalue weighted by atomic mass is 32.1. The van der Waals surface area contributed by atoms with E-state index in [-0.39, 0.29) is 11.4 Å². The zero-order valence-corrected chi connectivity index (χ0v) is 7.75. The van der Waals surface area contributed by atoms with Crippen molar-refractivity contribution < 1.29 is 14.4 Å². The van der Waals surface area contributed by atoms with Crippen LogP contribution < -0.4 is 5.73 Å². The molecule has 0 fully saturated rings. The normalized spacial score (nSPS) is 10.3. The Morgan fingerprint density at radius 2 is 2.43 bits per heavy atom. The Kier molecular flexibility index (Phi) is 1.97. The quantitative estimate of drug-likeness (QED) is 0.787. The van der Waals surface area contributed by atoms with E-state index in [0.29, 0.717) is 5.76 Å². The first-order valence-corrected chi connectivity index (χ1v) is 4.60. The maximum absolute atomic E-state index is 10.6. The lowest BCUT2D eigenvalue weighted by Crippen LogP contribution is -2.00. The van der Waals surface area contributed by atoms with Crippen LogP contribution in [0.25, 0.3) is 10.6 Å². The summed E-state index contributed by atoms with van der Waals surface area (Å²) in [5.41, 5.74) is 5.39. The zero-order chi connectivity index (χ0) is 10.1. The van der Waals surface area contributed by atoms with Crippen molar-refractivity contribution in [1.82, 2.24) is 5.16 Å². The average molecular weight is 210 g/mol. The number of aromatic nitrogens is 1. The van der Waals surface area contributed by atoms with Gasteiger partial charge in [0.25, 0.3) is 0 Å². The SMILES string of the molecule is Nc1c(C(=O)O)noc1-c1cccs1. The summed E-state index contributed by atoms with van der Waals surface area (Å²) in [6.45, 7) is 0. The van der Waals surface area contributed by atoms with E-state index in [1.807, 2.05) is 11.4 Å². The number of hydrogen-bond donors (Lipinski definition) is 2. The van der Waals surface area contributed by atoms with E-state index in [4.69, 9.17) is 15.4 Å². The number of carbonyl (C=O) groups is 1. The highest BCUT2D eigenvalue weighted by Gasteiger charge is 2.20. The summed E-state index contributed by atoms with van der Waals surface area (Å²) in [5, 5.41) is 13.9. The highest BCUT2D eigenvalue weighted by molar-refractivity contribution is 7.13. The molecule has 14 heavy (non-hydrogen) atoms. The minimum Gasteiger partial charge on any atom is -0.476 e. The number of aromatic carboxylic acids is 1. The van der Waals surface area contributed by atoms with E-state index >= 15 is 0 Å². The van der Waals surface area contributed by atoms with Gasteiger partial charge >= 0.3 is 5.97 Å². The summed E-state index contributed by atoms with van der Waals surface area (Å²) in [5.74, 6) is -0.869. The van der Waals surface area contributed by atoms with Crippen molar-refractivity contribution in [2.45, 2.75) is 0 Å². The second kappa shape index (κ2) is 3.15. The number of nitrogens with two attached hydrogens (primary N) is 1. The van der Waals surface area contributed by atoms with E-state index in [1.165, 1.54) is 11.3 Å². The largest absolute Gasteiger partial charge is 0.476 e. The van der Waals surface area contributed by atoms with E-state index in [9.17, 15) is 4.79 Å². The molecule has 0 saturated heterocycles. The number of nitrogen functional groups attached to an aromatic ring is 1. The summed E-state index contributed by atoms with van der Waals surface area (Å²) >= 11 is 1.41. The van der Waals surface area contributed by atoms with Gasteiger partial charge in [-0.1, -0.05) is 11.2 Å². The van der Waals surface area contributed by atoms with Gasteiger partial charge in [-0.2, -0.15) is 0 Å². The van der Waals surface area contributed by atoms with Gasteiger partial charge in [-0.25, -0.2) is 4.79 Å². The molecule has 2 aromatic rings. The van der Waals surface area contributed by atoms with E-state index < -0.39 is 5.97 Å². The van der Waals surface area contributed by atoms with Crippen molar-refractivity contribution in [3.63, 3.8) is 0 Å². The van der Waals surface area contributed by atoms with E-state index in [1.54, 1.807) is 6.07 Å². The lowest BCUT2D eigenvalue weighted by Gasteiger charge is -1.90. The predicted molar refractivity (Wildman–Crippen MR) is 51.2 cm³/mol. The molecule has 0 aromatic carbocycles. The fraction of sp³-hybridized carbons (Fsp3) is 0. The molecular weight excluding hydrogens is 204 g/mol. The molecule has 2 heterocycles. The van der Waals surface area contributed by atoms with Crippen LogP contribution in [0.2, 0.25) is 0 Å². The first kappa shape index (κ1) is 8.76. The van der Waals surface area contributed by atoms with Crippen LogP contribution in [0.15, 0.2) is 22.0 Å². The molecule has 0 spiro atoms. The lowest BCUT2D eigenvalue weighted by molar-refractivity contribution is 0.0687. The number of hydrogen-bond acceptors (Lipinski definition) is 5. The molecule has 2 rings (SSSR count). The Morgan fingerprint density at radius 3 is 2.93 bits per heavy atom. The molecule has 5 nitrogen and oxygen atoms in total. The van der Waals surface area contributed by atoms with Crippen molar-refractivity contribution in [3.8, 4) is 10.6 Å². The predicted octanol–water partition coefficient (Wildman–Crippen LogP) is 1.68. The second-order valence-corrected chi connectivity index (χ2v) is 3.50. The van der Waals surface area contributed by atoms with Gasteiger partial charge in [-0.3, -0.25) is 0 Å². The van der Waals surface area contributed by atoms with Crippen LogP contribution in [0, 0.1) is 0 Å². The van der Waals surface area contributed by atoms with Crippen LogP contribution in [-0.2, 0) is 0 Å². The Bertz CT molecular complexity index is 461. The van der Waals surface area contributed by atoms with Crippen LogP contribution in [0.3, 0.4) is 0 Å². The molecule has 0 saturated carbocycles. The summed E-state index contributed by atoms with van der Waals surface area (Å²) in [7, 11) is 0. The van der Waals surface area contributed by atoms with Crippen LogP contribution in [0.1, 0.15) is 10.5 Å². The molecule has 0 bridgehead atoms. The standard InChI is InChI=1S/C8H6N2O3S/c9-5-6(8(11)12)10-13-7(5)4-2-1-3-14-4/h1-3H,9H2,(H,11,12). The smallest absolute Gasteiger partial charge is 0.360 e. The molecule has 0 unspecified atom stereocenters. The third kappa shape index (κ3) is 1.25. The Balaban J connectivity index is 2.52. The van der Waals surface area contributed by atoms with Gasteiger partial charge in [0.2, 0.25) is 11.5 Å². The number of rotatable bonds is 2. The summed E-state index contributed by atoms with van der Waals surface area (Å²) in [4.78, 5) is 11.4. The molecule has 0 aliphatic carbocycles. The summed E-state index contributed by atoms with van der Waals surface area (Å²) in [6.07, 6.45) is 0. The van der Waals surface area contributed by atoms with E-state index in [0.717, 1.165) is 4.88 Å². The third-order valence-corrected chi connectivity index (χ3v) is 2.54. The number of carboxylic acid groups (broad SMARTS) is 1. The monoisotopic (exact) mass is 210 g/mol. The number of anilines is 1. The Morgan fingerprint density at radius 1 is 1.64 bits per heavy atom. The van der Waals surface area contributed by atoms with Crippen LogP contribution in [-0.4, -0.2) is 16.2 Å². The van der Waals surface area contributed by atoms with Crippen molar-refractivity contribution in [2.75, 3.05) is 5.73 Å². The first-order valence-electron chi connectivity index (χ1n) is 3.72. The van der Waals surface area contributed by atoms with Crippen LogP contribution in [0.4, 0.5) is 5.69 Å². The van der Waals surface area contributed by atoms with Crippen molar-refractivity contribution >= 4 is 23.0 Å². The number of carboxylic acids is 1. The van der Waals surface area contributed by atoms with Gasteiger partial charge in [0.05, 0.1) is 4.88 Å². The summed E-state index contributed by atoms with van der Waals surface area (Å²) in [6, 6.07) is 3.61. The summed E-state index contributed by atoms with van der Waals surface area (Å²) < 4.78 is 4.86. The van der Waals surface area contributed by atoms with Crippen molar-refractivity contribution in [3.05, 3.63) is 23.2 Å². The molecule has 6 heteroatoms. The van der Waals surface area contributed by atoms with Gasteiger partial charge in [0, 0.05) is 0 Å². The Labute approximate surface area is 82.8 Å². The van der Waals surface area contributed by atoms with Gasteiger partial charge < -0.3 is 15.4 Å². The molecule has 72 valence electrons. The van der Waals surface area contributed by atoms with Crippen molar-refractivity contribution in [1.29, 1.82) is 0 Å². The molecule has 0 aliphatic heterocycles. The first-order chi connectivity index (χ1) is 6.70. The van der Waals surface area contributed by atoms with Gasteiger partial charge in [-0.15, -0.1) is 11.3 Å². The van der Waals surface area contributed by atoms with Gasteiger partial charge in [-0.05, 0) is 11.4 Å². The second-order valence-electron chi connectivity index (χ2n) is 2.56. The van der Waals surface area contributed by atoms with E-state index in [2.05, 4.69) is 5.16 Å². The maximum Gasteiger partial charge on any atom is 0.360 e. The minimum atomic E-state index is -1.19. The van der Waals surface area contributed by atoms with Gasteiger partial charge in [0.15, 0.2) is 0 Å². The topological polar surface area (TPSA) is 89.4 Å². The molecule has 2 aromatic heterocycles. The van der Waals surface area contributed by atoms with Crippen LogP contribution in [0.5, 0.6) is 0 Å². The third-order valence-electron chi connectivity index (χ3n) is 1.68. The minimum absolute atomic E-state index is 0.0694. The number of thiophene rings is 1. The number of nitrogens with zero attached hydrogens (tertiary/aromatic N) is 1.